The van der Waals surface area contributed by atoms with Crippen LogP contribution in [0.4, 0.5) is 11.4 Å². The Morgan fingerprint density at radius 3 is 2.40 bits per heavy atom. The van der Waals surface area contributed by atoms with Crippen LogP contribution in [-0.2, 0) is 4.79 Å². The van der Waals surface area contributed by atoms with Gasteiger partial charge in [-0.1, -0.05) is 26.0 Å². The van der Waals surface area contributed by atoms with Crippen molar-refractivity contribution in [3.8, 4) is 0 Å². The number of hydrogen-bond donors (Lipinski definition) is 3. The Morgan fingerprint density at radius 2 is 1.93 bits per heavy atom. The largest absolute Gasteiger partial charge is 0.397 e. The molecular weight excluding hydrogens is 190 g/mol. The number of amides is 1. The molecule has 1 aromatic carbocycles. The molecule has 82 valence electrons. The average molecular weight is 207 g/mol. The van der Waals surface area contributed by atoms with Crippen LogP contribution in [0.3, 0.4) is 0 Å². The Hall–Kier alpha value is -1.71. The van der Waals surface area contributed by atoms with Gasteiger partial charge in [0.1, 0.15) is 6.04 Å². The van der Waals surface area contributed by atoms with E-state index >= 15 is 0 Å². The van der Waals surface area contributed by atoms with Gasteiger partial charge in [0.05, 0.1) is 11.4 Å². The topological polar surface area (TPSA) is 81.1 Å². The van der Waals surface area contributed by atoms with Gasteiger partial charge < -0.3 is 16.8 Å². The summed E-state index contributed by atoms with van der Waals surface area (Å²) in [6.45, 7) is 3.86. The predicted octanol–water partition coefficient (Wildman–Crippen LogP) is 1.19. The smallest absolute Gasteiger partial charge is 0.240 e. The van der Waals surface area contributed by atoms with Gasteiger partial charge in [0, 0.05) is 0 Å². The molecule has 1 rings (SSSR count). The lowest BCUT2D eigenvalue weighted by Gasteiger charge is -2.21. The summed E-state index contributed by atoms with van der Waals surface area (Å²) in [6.07, 6.45) is 0. The molecule has 5 N–H and O–H groups in total. The van der Waals surface area contributed by atoms with Crippen LogP contribution in [-0.4, -0.2) is 11.9 Å². The number of benzene rings is 1. The van der Waals surface area contributed by atoms with E-state index in [0.29, 0.717) is 5.69 Å². The first-order valence-corrected chi connectivity index (χ1v) is 4.92. The quantitative estimate of drug-likeness (QED) is 0.649. The molecule has 0 saturated heterocycles. The molecule has 0 aliphatic rings. The van der Waals surface area contributed by atoms with Crippen molar-refractivity contribution in [3.63, 3.8) is 0 Å². The van der Waals surface area contributed by atoms with Crippen LogP contribution < -0.4 is 16.8 Å². The van der Waals surface area contributed by atoms with Gasteiger partial charge in [0.15, 0.2) is 0 Å². The zero-order chi connectivity index (χ0) is 11.4. The molecule has 0 aromatic heterocycles. The van der Waals surface area contributed by atoms with E-state index in [1.807, 2.05) is 32.0 Å². The Labute approximate surface area is 89.6 Å². The van der Waals surface area contributed by atoms with E-state index in [1.165, 1.54) is 0 Å². The number of nitrogens with one attached hydrogen (secondary N) is 1. The molecule has 15 heavy (non-hydrogen) atoms. The fraction of sp³-hybridized carbons (Fsp3) is 0.364. The standard InChI is InChI=1S/C11H17N3O/c1-7(2)10(11(13)15)14-9-6-4-3-5-8(9)12/h3-7,10,14H,12H2,1-2H3,(H2,13,15). The molecule has 1 aromatic rings. The van der Waals surface area contributed by atoms with E-state index < -0.39 is 6.04 Å². The van der Waals surface area contributed by atoms with Crippen LogP contribution in [0.2, 0.25) is 0 Å². The number of rotatable bonds is 4. The summed E-state index contributed by atoms with van der Waals surface area (Å²) < 4.78 is 0. The fourth-order valence-electron chi connectivity index (χ4n) is 1.36. The minimum absolute atomic E-state index is 0.127. The number of nitrogens with two attached hydrogens (primary N) is 2. The molecule has 1 unspecified atom stereocenters. The molecule has 0 aliphatic heterocycles. The van der Waals surface area contributed by atoms with E-state index in [2.05, 4.69) is 5.32 Å². The van der Waals surface area contributed by atoms with Gasteiger partial charge in [-0.15, -0.1) is 0 Å². The minimum atomic E-state index is -0.394. The molecule has 4 heteroatoms. The van der Waals surface area contributed by atoms with Crippen molar-refractivity contribution in [1.29, 1.82) is 0 Å². The summed E-state index contributed by atoms with van der Waals surface area (Å²) in [5, 5.41) is 3.05. The van der Waals surface area contributed by atoms with Crippen LogP contribution in [0.1, 0.15) is 13.8 Å². The van der Waals surface area contributed by atoms with E-state index in [0.717, 1.165) is 5.69 Å². The highest BCUT2D eigenvalue weighted by Gasteiger charge is 2.19. The van der Waals surface area contributed by atoms with Crippen molar-refractivity contribution in [1.82, 2.24) is 0 Å². The summed E-state index contributed by atoms with van der Waals surface area (Å²) in [6, 6.07) is 6.91. The molecule has 0 fully saturated rings. The van der Waals surface area contributed by atoms with Gasteiger partial charge in [-0.3, -0.25) is 4.79 Å². The lowest BCUT2D eigenvalue weighted by Crippen LogP contribution is -2.39. The number of carbonyl (C=O) groups excluding carboxylic acids is 1. The number of para-hydroxylation sites is 2. The molecule has 1 amide bonds. The highest BCUT2D eigenvalue weighted by molar-refractivity contribution is 5.84. The van der Waals surface area contributed by atoms with Crippen LogP contribution >= 0.6 is 0 Å². The molecule has 0 heterocycles. The number of carbonyl (C=O) groups is 1. The third-order valence-electron chi connectivity index (χ3n) is 2.24. The lowest BCUT2D eigenvalue weighted by atomic mass is 10.0. The second-order valence-corrected chi connectivity index (χ2v) is 3.86. The number of hydrogen-bond acceptors (Lipinski definition) is 3. The van der Waals surface area contributed by atoms with Crippen LogP contribution in [0.15, 0.2) is 24.3 Å². The molecule has 0 spiro atoms. The zero-order valence-electron chi connectivity index (χ0n) is 9.03. The Balaban J connectivity index is 2.84. The van der Waals surface area contributed by atoms with Crippen LogP contribution in [0, 0.1) is 5.92 Å². The summed E-state index contributed by atoms with van der Waals surface area (Å²) in [5.41, 5.74) is 12.4. The third-order valence-corrected chi connectivity index (χ3v) is 2.24. The highest BCUT2D eigenvalue weighted by atomic mass is 16.1. The van der Waals surface area contributed by atoms with Gasteiger partial charge in [-0.25, -0.2) is 0 Å². The minimum Gasteiger partial charge on any atom is -0.397 e. The van der Waals surface area contributed by atoms with Crippen LogP contribution in [0.5, 0.6) is 0 Å². The maximum absolute atomic E-state index is 11.2. The highest BCUT2D eigenvalue weighted by Crippen LogP contribution is 2.19. The monoisotopic (exact) mass is 207 g/mol. The third kappa shape index (κ3) is 2.87. The van der Waals surface area contributed by atoms with Crippen LogP contribution in [0.25, 0.3) is 0 Å². The average Bonchev–Trinajstić information content (AvgIpc) is 2.15. The van der Waals surface area contributed by atoms with Crippen molar-refractivity contribution >= 4 is 17.3 Å². The maximum atomic E-state index is 11.2. The molecule has 0 radical (unpaired) electrons. The second kappa shape index (κ2) is 4.68. The normalized spacial score (nSPS) is 12.5. The predicted molar refractivity (Wildman–Crippen MR) is 62.3 cm³/mol. The van der Waals surface area contributed by atoms with E-state index in [9.17, 15) is 4.79 Å². The first-order chi connectivity index (χ1) is 7.02. The molecule has 1 atom stereocenters. The Kier molecular flexibility index (Phi) is 3.55. The second-order valence-electron chi connectivity index (χ2n) is 3.86. The van der Waals surface area contributed by atoms with Gasteiger partial charge >= 0.3 is 0 Å². The van der Waals surface area contributed by atoms with Crippen molar-refractivity contribution in [2.45, 2.75) is 19.9 Å². The first kappa shape index (κ1) is 11.4. The molecule has 0 bridgehead atoms. The van der Waals surface area contributed by atoms with Gasteiger partial charge in [-0.05, 0) is 18.1 Å². The summed E-state index contributed by atoms with van der Waals surface area (Å²) in [4.78, 5) is 11.2. The SMILES string of the molecule is CC(C)C(Nc1ccccc1N)C(N)=O. The van der Waals surface area contributed by atoms with Gasteiger partial charge in [-0.2, -0.15) is 0 Å². The molecule has 4 nitrogen and oxygen atoms in total. The zero-order valence-corrected chi connectivity index (χ0v) is 9.03. The summed E-state index contributed by atoms with van der Waals surface area (Å²) in [5.74, 6) is -0.240. The van der Waals surface area contributed by atoms with Gasteiger partial charge in [0.2, 0.25) is 5.91 Å². The molecule has 0 saturated carbocycles. The molecular formula is C11H17N3O. The summed E-state index contributed by atoms with van der Waals surface area (Å²) in [7, 11) is 0. The Bertz CT molecular complexity index is 349. The molecule has 0 aliphatic carbocycles. The van der Waals surface area contributed by atoms with E-state index in [1.54, 1.807) is 6.07 Å². The lowest BCUT2D eigenvalue weighted by molar-refractivity contribution is -0.119. The fourth-order valence-corrected chi connectivity index (χ4v) is 1.36. The number of nitrogen functional groups attached to an aromatic ring is 1. The van der Waals surface area contributed by atoms with Crippen molar-refractivity contribution in [3.05, 3.63) is 24.3 Å². The Morgan fingerprint density at radius 1 is 1.33 bits per heavy atom. The van der Waals surface area contributed by atoms with Crippen molar-refractivity contribution < 1.29 is 4.79 Å². The van der Waals surface area contributed by atoms with Crippen molar-refractivity contribution in [2.24, 2.45) is 11.7 Å². The van der Waals surface area contributed by atoms with E-state index in [-0.39, 0.29) is 11.8 Å². The van der Waals surface area contributed by atoms with E-state index in [4.69, 9.17) is 11.5 Å². The van der Waals surface area contributed by atoms with Crippen molar-refractivity contribution in [2.75, 3.05) is 11.1 Å². The first-order valence-electron chi connectivity index (χ1n) is 4.92. The van der Waals surface area contributed by atoms with Gasteiger partial charge in [0.25, 0.3) is 0 Å². The number of anilines is 2. The number of primary amides is 1. The summed E-state index contributed by atoms with van der Waals surface area (Å²) >= 11 is 0. The maximum Gasteiger partial charge on any atom is 0.240 e.